The predicted molar refractivity (Wildman–Crippen MR) is 113 cm³/mol. The number of anilines is 1. The molecular weight excluding hydrogens is 372 g/mol. The first-order valence-electron chi connectivity index (χ1n) is 9.62. The highest BCUT2D eigenvalue weighted by molar-refractivity contribution is 8.00. The average Bonchev–Trinajstić information content (AvgIpc) is 2.73. The highest BCUT2D eigenvalue weighted by Crippen LogP contribution is 2.23. The van der Waals surface area contributed by atoms with Crippen molar-refractivity contribution in [2.45, 2.75) is 43.0 Å². The summed E-state index contributed by atoms with van der Waals surface area (Å²) in [4.78, 5) is 26.0. The van der Waals surface area contributed by atoms with Crippen LogP contribution in [0.4, 0.5) is 5.69 Å². The van der Waals surface area contributed by atoms with Crippen molar-refractivity contribution in [1.82, 2.24) is 5.32 Å². The summed E-state index contributed by atoms with van der Waals surface area (Å²) in [5, 5.41) is 5.99. The molecule has 0 aliphatic heterocycles. The van der Waals surface area contributed by atoms with Crippen LogP contribution in [-0.2, 0) is 4.79 Å². The van der Waals surface area contributed by atoms with E-state index in [0.717, 1.165) is 36.3 Å². The number of methoxy groups -OCH3 is 1. The van der Waals surface area contributed by atoms with Gasteiger partial charge in [-0.1, -0.05) is 31.4 Å². The van der Waals surface area contributed by atoms with Crippen LogP contribution in [-0.4, -0.2) is 30.7 Å². The van der Waals surface area contributed by atoms with Crippen molar-refractivity contribution in [3.05, 3.63) is 54.1 Å². The lowest BCUT2D eigenvalue weighted by atomic mass is 9.95. The van der Waals surface area contributed by atoms with Crippen LogP contribution in [0, 0.1) is 0 Å². The Morgan fingerprint density at radius 1 is 1.04 bits per heavy atom. The lowest BCUT2D eigenvalue weighted by Gasteiger charge is -2.23. The zero-order chi connectivity index (χ0) is 19.8. The number of benzene rings is 2. The topological polar surface area (TPSA) is 67.4 Å². The van der Waals surface area contributed by atoms with E-state index in [2.05, 4.69) is 10.6 Å². The minimum Gasteiger partial charge on any atom is -0.497 e. The van der Waals surface area contributed by atoms with Crippen molar-refractivity contribution in [2.75, 3.05) is 18.2 Å². The Hall–Kier alpha value is -2.47. The molecule has 3 rings (SSSR count). The van der Waals surface area contributed by atoms with Gasteiger partial charge in [-0.05, 0) is 49.2 Å². The lowest BCUT2D eigenvalue weighted by molar-refractivity contribution is -0.113. The molecule has 2 aromatic carbocycles. The van der Waals surface area contributed by atoms with Gasteiger partial charge in [0.25, 0.3) is 5.91 Å². The summed E-state index contributed by atoms with van der Waals surface area (Å²) >= 11 is 1.44. The molecule has 1 aliphatic carbocycles. The number of rotatable bonds is 7. The molecule has 1 aliphatic rings. The SMILES string of the molecule is COc1ccc(SCC(=O)Nc2ccccc2C(=O)NC2CCCCC2)cc1. The third-order valence-electron chi connectivity index (χ3n) is 4.82. The van der Waals surface area contributed by atoms with Gasteiger partial charge in [0.15, 0.2) is 0 Å². The summed E-state index contributed by atoms with van der Waals surface area (Å²) in [6.07, 6.45) is 5.61. The van der Waals surface area contributed by atoms with Gasteiger partial charge in [0.1, 0.15) is 5.75 Å². The standard InChI is InChI=1S/C22H26N2O3S/c1-27-17-11-13-18(14-12-17)28-15-21(25)24-20-10-6-5-9-19(20)22(26)23-16-7-3-2-4-8-16/h5-6,9-14,16H,2-4,7-8,15H2,1H3,(H,23,26)(H,24,25). The van der Waals surface area contributed by atoms with E-state index in [9.17, 15) is 9.59 Å². The van der Waals surface area contributed by atoms with E-state index in [-0.39, 0.29) is 23.6 Å². The molecule has 0 radical (unpaired) electrons. The van der Waals surface area contributed by atoms with Crippen LogP contribution < -0.4 is 15.4 Å². The van der Waals surface area contributed by atoms with Gasteiger partial charge in [-0.2, -0.15) is 0 Å². The first-order valence-corrected chi connectivity index (χ1v) is 10.6. The summed E-state index contributed by atoms with van der Waals surface area (Å²) in [6, 6.07) is 15.0. The van der Waals surface area contributed by atoms with Crippen molar-refractivity contribution in [3.8, 4) is 5.75 Å². The zero-order valence-corrected chi connectivity index (χ0v) is 16.9. The molecule has 0 bridgehead atoms. The normalized spacial score (nSPS) is 14.3. The van der Waals surface area contributed by atoms with E-state index in [1.54, 1.807) is 19.2 Å². The Morgan fingerprint density at radius 3 is 2.46 bits per heavy atom. The molecular formula is C22H26N2O3S. The van der Waals surface area contributed by atoms with Crippen LogP contribution in [0.3, 0.4) is 0 Å². The second-order valence-corrected chi connectivity index (χ2v) is 7.92. The number of ether oxygens (including phenoxy) is 1. The lowest BCUT2D eigenvalue weighted by Crippen LogP contribution is -2.36. The third-order valence-corrected chi connectivity index (χ3v) is 5.83. The molecule has 2 N–H and O–H groups in total. The number of amides is 2. The zero-order valence-electron chi connectivity index (χ0n) is 16.1. The predicted octanol–water partition coefficient (Wildman–Crippen LogP) is 4.49. The molecule has 1 saturated carbocycles. The van der Waals surface area contributed by atoms with E-state index in [1.165, 1.54) is 18.2 Å². The number of carbonyl (C=O) groups excluding carboxylic acids is 2. The van der Waals surface area contributed by atoms with Gasteiger partial charge in [0.05, 0.1) is 24.1 Å². The molecule has 148 valence electrons. The van der Waals surface area contributed by atoms with Gasteiger partial charge in [0.2, 0.25) is 5.91 Å². The maximum atomic E-state index is 12.7. The van der Waals surface area contributed by atoms with Crippen LogP contribution in [0.15, 0.2) is 53.4 Å². The molecule has 0 unspecified atom stereocenters. The van der Waals surface area contributed by atoms with E-state index in [1.807, 2.05) is 36.4 Å². The van der Waals surface area contributed by atoms with Gasteiger partial charge in [-0.3, -0.25) is 9.59 Å². The second kappa shape index (κ2) is 10.2. The van der Waals surface area contributed by atoms with E-state index in [4.69, 9.17) is 4.74 Å². The van der Waals surface area contributed by atoms with Crippen LogP contribution in [0.5, 0.6) is 5.75 Å². The molecule has 0 heterocycles. The second-order valence-electron chi connectivity index (χ2n) is 6.87. The molecule has 1 fully saturated rings. The fourth-order valence-electron chi connectivity index (χ4n) is 3.31. The monoisotopic (exact) mass is 398 g/mol. The van der Waals surface area contributed by atoms with Crippen molar-refractivity contribution in [3.63, 3.8) is 0 Å². The van der Waals surface area contributed by atoms with Crippen LogP contribution >= 0.6 is 11.8 Å². The molecule has 28 heavy (non-hydrogen) atoms. The van der Waals surface area contributed by atoms with Crippen LogP contribution in [0.25, 0.3) is 0 Å². The number of thioether (sulfide) groups is 1. The number of hydrogen-bond acceptors (Lipinski definition) is 4. The van der Waals surface area contributed by atoms with Gasteiger partial charge in [0, 0.05) is 10.9 Å². The summed E-state index contributed by atoms with van der Waals surface area (Å²) in [5.74, 6) is 0.793. The number of carbonyl (C=O) groups is 2. The molecule has 6 heteroatoms. The van der Waals surface area contributed by atoms with E-state index >= 15 is 0 Å². The maximum absolute atomic E-state index is 12.7. The van der Waals surface area contributed by atoms with Crippen molar-refractivity contribution >= 4 is 29.3 Å². The number of para-hydroxylation sites is 1. The largest absolute Gasteiger partial charge is 0.497 e. The highest BCUT2D eigenvalue weighted by Gasteiger charge is 2.19. The van der Waals surface area contributed by atoms with Gasteiger partial charge >= 0.3 is 0 Å². The molecule has 0 saturated heterocycles. The van der Waals surface area contributed by atoms with Crippen molar-refractivity contribution < 1.29 is 14.3 Å². The average molecular weight is 399 g/mol. The Morgan fingerprint density at radius 2 is 1.75 bits per heavy atom. The Kier molecular flexibility index (Phi) is 7.37. The first-order chi connectivity index (χ1) is 13.7. The fourth-order valence-corrected chi connectivity index (χ4v) is 4.01. The minimum absolute atomic E-state index is 0.120. The molecule has 0 spiro atoms. The smallest absolute Gasteiger partial charge is 0.253 e. The number of hydrogen-bond donors (Lipinski definition) is 2. The minimum atomic E-state index is -0.140. The van der Waals surface area contributed by atoms with Gasteiger partial charge in [-0.15, -0.1) is 11.8 Å². The van der Waals surface area contributed by atoms with E-state index < -0.39 is 0 Å². The molecule has 2 amide bonds. The van der Waals surface area contributed by atoms with Crippen molar-refractivity contribution in [2.24, 2.45) is 0 Å². The van der Waals surface area contributed by atoms with Crippen LogP contribution in [0.1, 0.15) is 42.5 Å². The fraction of sp³-hybridized carbons (Fsp3) is 0.364. The quantitative estimate of drug-likeness (QED) is 0.675. The molecule has 5 nitrogen and oxygen atoms in total. The third kappa shape index (κ3) is 5.76. The van der Waals surface area contributed by atoms with Crippen molar-refractivity contribution in [1.29, 1.82) is 0 Å². The summed E-state index contributed by atoms with van der Waals surface area (Å²) in [7, 11) is 1.62. The maximum Gasteiger partial charge on any atom is 0.253 e. The Labute approximate surface area is 170 Å². The number of nitrogens with one attached hydrogen (secondary N) is 2. The summed E-state index contributed by atoms with van der Waals surface area (Å²) in [5.41, 5.74) is 1.06. The molecule has 0 aromatic heterocycles. The molecule has 0 atom stereocenters. The first kappa shape index (κ1) is 20.3. The molecule has 2 aromatic rings. The van der Waals surface area contributed by atoms with Crippen LogP contribution in [0.2, 0.25) is 0 Å². The highest BCUT2D eigenvalue weighted by atomic mass is 32.2. The summed E-state index contributed by atoms with van der Waals surface area (Å²) < 4.78 is 5.14. The van der Waals surface area contributed by atoms with Gasteiger partial charge in [-0.25, -0.2) is 0 Å². The Bertz CT molecular complexity index is 802. The summed E-state index contributed by atoms with van der Waals surface area (Å²) in [6.45, 7) is 0. The van der Waals surface area contributed by atoms with E-state index in [0.29, 0.717) is 11.3 Å². The van der Waals surface area contributed by atoms with Gasteiger partial charge < -0.3 is 15.4 Å². The Balaban J connectivity index is 1.57.